The number of alkyl halides is 3. The number of amides is 1. The van der Waals surface area contributed by atoms with Crippen molar-refractivity contribution in [3.8, 4) is 11.4 Å². The van der Waals surface area contributed by atoms with Gasteiger partial charge in [-0.2, -0.15) is 13.2 Å². The van der Waals surface area contributed by atoms with E-state index in [2.05, 4.69) is 22.1 Å². The number of carbonyl (C=O) groups is 1. The minimum atomic E-state index is -4.42. The number of hydrogen-bond donors (Lipinski definition) is 1. The van der Waals surface area contributed by atoms with Gasteiger partial charge in [-0.3, -0.25) is 9.36 Å². The molecule has 10 heteroatoms. The highest BCUT2D eigenvalue weighted by atomic mass is 32.2. The Bertz CT molecular complexity index is 1010. The van der Waals surface area contributed by atoms with Crippen LogP contribution in [0.5, 0.6) is 0 Å². The Kier molecular flexibility index (Phi) is 6.12. The molecule has 6 nitrogen and oxygen atoms in total. The third kappa shape index (κ3) is 4.89. The fourth-order valence-electron chi connectivity index (χ4n) is 2.58. The van der Waals surface area contributed by atoms with Gasteiger partial charge in [0.15, 0.2) is 11.0 Å². The van der Waals surface area contributed by atoms with Crippen LogP contribution in [0, 0.1) is 6.92 Å². The summed E-state index contributed by atoms with van der Waals surface area (Å²) in [5.74, 6) is 0.936. The minimum Gasteiger partial charge on any atom is -0.469 e. The molecule has 0 fully saturated rings. The van der Waals surface area contributed by atoms with Gasteiger partial charge in [0.25, 0.3) is 0 Å². The van der Waals surface area contributed by atoms with Crippen molar-refractivity contribution in [1.29, 1.82) is 0 Å². The number of thioether (sulfide) groups is 1. The minimum absolute atomic E-state index is 0.0146. The standard InChI is InChI=1S/C19H17F3N4O2S/c1-3-9-26-17(15-8-10-28-12(15)2)24-25-18(26)29-11-16(27)23-14-6-4-13(5-7-14)19(20,21)22/h3-8,10H,1,9,11H2,2H3,(H,23,27). The second kappa shape index (κ2) is 8.56. The zero-order valence-electron chi connectivity index (χ0n) is 15.4. The van der Waals surface area contributed by atoms with Crippen molar-refractivity contribution in [3.63, 3.8) is 0 Å². The highest BCUT2D eigenvalue weighted by Crippen LogP contribution is 2.30. The summed E-state index contributed by atoms with van der Waals surface area (Å²) in [7, 11) is 0. The molecule has 2 heterocycles. The number of benzene rings is 1. The van der Waals surface area contributed by atoms with E-state index in [1.54, 1.807) is 23.0 Å². The maximum atomic E-state index is 12.6. The molecule has 0 atom stereocenters. The van der Waals surface area contributed by atoms with Crippen LogP contribution in [-0.4, -0.2) is 26.4 Å². The normalized spacial score (nSPS) is 11.4. The average molecular weight is 422 g/mol. The van der Waals surface area contributed by atoms with E-state index in [1.165, 1.54) is 12.1 Å². The number of allylic oxidation sites excluding steroid dienone is 1. The van der Waals surface area contributed by atoms with Crippen molar-refractivity contribution in [3.05, 3.63) is 60.6 Å². The average Bonchev–Trinajstić information content (AvgIpc) is 3.26. The van der Waals surface area contributed by atoms with Gasteiger partial charge in [-0.25, -0.2) is 0 Å². The number of halogens is 3. The van der Waals surface area contributed by atoms with Crippen molar-refractivity contribution in [2.75, 3.05) is 11.1 Å². The Hall–Kier alpha value is -3.01. The number of rotatable bonds is 7. The number of anilines is 1. The van der Waals surface area contributed by atoms with E-state index in [0.717, 1.165) is 29.5 Å². The van der Waals surface area contributed by atoms with Crippen LogP contribution in [0.15, 0.2) is 58.8 Å². The monoisotopic (exact) mass is 422 g/mol. The van der Waals surface area contributed by atoms with Crippen LogP contribution in [0.3, 0.4) is 0 Å². The van der Waals surface area contributed by atoms with Crippen molar-refractivity contribution < 1.29 is 22.4 Å². The first-order chi connectivity index (χ1) is 13.8. The molecule has 2 aromatic heterocycles. The van der Waals surface area contributed by atoms with E-state index < -0.39 is 11.7 Å². The first-order valence-corrected chi connectivity index (χ1v) is 9.46. The first kappa shape index (κ1) is 20.7. The molecule has 0 aliphatic heterocycles. The molecule has 1 amide bonds. The quantitative estimate of drug-likeness (QED) is 0.438. The summed E-state index contributed by atoms with van der Waals surface area (Å²) in [6.07, 6.45) is -1.17. The highest BCUT2D eigenvalue weighted by Gasteiger charge is 2.30. The zero-order chi connectivity index (χ0) is 21.0. The van der Waals surface area contributed by atoms with Crippen LogP contribution in [0.4, 0.5) is 18.9 Å². The van der Waals surface area contributed by atoms with Crippen LogP contribution in [0.25, 0.3) is 11.4 Å². The molecular weight excluding hydrogens is 405 g/mol. The predicted octanol–water partition coefficient (Wildman–Crippen LogP) is 4.78. The summed E-state index contributed by atoms with van der Waals surface area (Å²) >= 11 is 1.16. The van der Waals surface area contributed by atoms with Crippen LogP contribution in [0.2, 0.25) is 0 Å². The Morgan fingerprint density at radius 1 is 1.28 bits per heavy atom. The summed E-state index contributed by atoms with van der Waals surface area (Å²) in [6.45, 7) is 5.98. The molecule has 0 saturated heterocycles. The number of nitrogens with one attached hydrogen (secondary N) is 1. The Morgan fingerprint density at radius 2 is 2.00 bits per heavy atom. The van der Waals surface area contributed by atoms with Crippen molar-refractivity contribution >= 4 is 23.4 Å². The molecule has 0 spiro atoms. The first-order valence-electron chi connectivity index (χ1n) is 8.48. The molecular formula is C19H17F3N4O2S. The van der Waals surface area contributed by atoms with E-state index in [-0.39, 0.29) is 17.3 Å². The second-order valence-electron chi connectivity index (χ2n) is 6.01. The van der Waals surface area contributed by atoms with Crippen molar-refractivity contribution in [2.45, 2.75) is 24.8 Å². The van der Waals surface area contributed by atoms with Crippen LogP contribution >= 0.6 is 11.8 Å². The van der Waals surface area contributed by atoms with Gasteiger partial charge >= 0.3 is 6.18 Å². The number of nitrogens with zero attached hydrogens (tertiary/aromatic N) is 3. The molecule has 3 aromatic rings. The van der Waals surface area contributed by atoms with Crippen LogP contribution < -0.4 is 5.32 Å². The molecule has 0 radical (unpaired) electrons. The molecule has 0 aliphatic carbocycles. The summed E-state index contributed by atoms with van der Waals surface area (Å²) in [5, 5.41) is 11.4. The maximum absolute atomic E-state index is 12.6. The van der Waals surface area contributed by atoms with Gasteiger partial charge in [-0.05, 0) is 37.3 Å². The summed E-state index contributed by atoms with van der Waals surface area (Å²) < 4.78 is 44.9. The number of carbonyl (C=O) groups excluding carboxylic acids is 1. The van der Waals surface area contributed by atoms with E-state index in [0.29, 0.717) is 23.3 Å². The van der Waals surface area contributed by atoms with E-state index in [9.17, 15) is 18.0 Å². The molecule has 3 rings (SSSR count). The molecule has 1 aromatic carbocycles. The third-order valence-corrected chi connectivity index (χ3v) is 4.92. The molecule has 0 bridgehead atoms. The Morgan fingerprint density at radius 3 is 2.59 bits per heavy atom. The lowest BCUT2D eigenvalue weighted by molar-refractivity contribution is -0.137. The van der Waals surface area contributed by atoms with Crippen LogP contribution in [-0.2, 0) is 17.5 Å². The molecule has 1 N–H and O–H groups in total. The topological polar surface area (TPSA) is 73.0 Å². The number of furan rings is 1. The Labute approximate surface area is 168 Å². The van der Waals surface area contributed by atoms with E-state index in [4.69, 9.17) is 4.42 Å². The molecule has 29 heavy (non-hydrogen) atoms. The third-order valence-electron chi connectivity index (χ3n) is 3.96. The van der Waals surface area contributed by atoms with Crippen LogP contribution in [0.1, 0.15) is 11.3 Å². The summed E-state index contributed by atoms with van der Waals surface area (Å²) in [5.41, 5.74) is 0.302. The Balaban J connectivity index is 1.66. The van der Waals surface area contributed by atoms with Gasteiger partial charge in [0.05, 0.1) is 23.1 Å². The highest BCUT2D eigenvalue weighted by molar-refractivity contribution is 7.99. The van der Waals surface area contributed by atoms with Gasteiger partial charge in [0.1, 0.15) is 5.76 Å². The van der Waals surface area contributed by atoms with Gasteiger partial charge in [-0.1, -0.05) is 17.8 Å². The number of hydrogen-bond acceptors (Lipinski definition) is 5. The van der Waals surface area contributed by atoms with E-state index >= 15 is 0 Å². The molecule has 0 saturated carbocycles. The summed E-state index contributed by atoms with van der Waals surface area (Å²) in [6, 6.07) is 6.05. The number of aryl methyl sites for hydroxylation is 1. The second-order valence-corrected chi connectivity index (χ2v) is 6.95. The van der Waals surface area contributed by atoms with Gasteiger partial charge in [0, 0.05) is 12.2 Å². The molecule has 152 valence electrons. The largest absolute Gasteiger partial charge is 0.469 e. The zero-order valence-corrected chi connectivity index (χ0v) is 16.2. The fourth-order valence-corrected chi connectivity index (χ4v) is 3.32. The van der Waals surface area contributed by atoms with Crippen molar-refractivity contribution in [1.82, 2.24) is 14.8 Å². The van der Waals surface area contributed by atoms with Gasteiger partial charge in [0.2, 0.25) is 5.91 Å². The predicted molar refractivity (Wildman–Crippen MR) is 103 cm³/mol. The summed E-state index contributed by atoms with van der Waals surface area (Å²) in [4.78, 5) is 12.2. The smallest absolute Gasteiger partial charge is 0.416 e. The lowest BCUT2D eigenvalue weighted by atomic mass is 10.2. The van der Waals surface area contributed by atoms with Gasteiger partial charge in [-0.15, -0.1) is 16.8 Å². The maximum Gasteiger partial charge on any atom is 0.416 e. The lowest BCUT2D eigenvalue weighted by Crippen LogP contribution is -2.15. The van der Waals surface area contributed by atoms with Crippen molar-refractivity contribution in [2.24, 2.45) is 0 Å². The van der Waals surface area contributed by atoms with Gasteiger partial charge < -0.3 is 9.73 Å². The lowest BCUT2D eigenvalue weighted by Gasteiger charge is -2.09. The van der Waals surface area contributed by atoms with E-state index in [1.807, 2.05) is 6.92 Å². The SMILES string of the molecule is C=CCn1c(SCC(=O)Nc2ccc(C(F)(F)F)cc2)nnc1-c1ccoc1C. The molecule has 0 unspecified atom stereocenters. The molecule has 0 aliphatic rings. The fraction of sp³-hybridized carbons (Fsp3) is 0.211. The number of aromatic nitrogens is 3.